The maximum atomic E-state index is 14.9. The number of rotatable bonds is 6. The first-order valence-corrected chi connectivity index (χ1v) is 10.5. The molecule has 0 saturated heterocycles. The Bertz CT molecular complexity index is 1150. The smallest absolute Gasteiger partial charge is 0.275 e. The number of nitrogens with one attached hydrogen (secondary N) is 1. The van der Waals surface area contributed by atoms with Crippen molar-refractivity contribution in [1.29, 1.82) is 0 Å². The van der Waals surface area contributed by atoms with Gasteiger partial charge in [0.2, 0.25) is 5.88 Å². The van der Waals surface area contributed by atoms with E-state index in [0.29, 0.717) is 13.0 Å². The Hall–Kier alpha value is -3.23. The van der Waals surface area contributed by atoms with Crippen molar-refractivity contribution in [3.63, 3.8) is 0 Å². The van der Waals surface area contributed by atoms with Crippen molar-refractivity contribution in [2.75, 3.05) is 18.5 Å². The van der Waals surface area contributed by atoms with Crippen LogP contribution in [0.5, 0.6) is 5.88 Å². The lowest BCUT2D eigenvalue weighted by Crippen LogP contribution is -2.39. The molecule has 2 aromatic rings. The molecule has 0 unspecified atom stereocenters. The summed E-state index contributed by atoms with van der Waals surface area (Å²) in [5, 5.41) is 2.78. The number of aromatic nitrogens is 2. The molecular formula is C21H20F2N6O2S. The number of fused-ring (bicyclic) bond motifs is 1. The van der Waals surface area contributed by atoms with Gasteiger partial charge in [0.1, 0.15) is 5.69 Å². The van der Waals surface area contributed by atoms with Gasteiger partial charge in [-0.15, -0.1) is 6.42 Å². The summed E-state index contributed by atoms with van der Waals surface area (Å²) in [4.78, 5) is 24.9. The number of nitrogens with two attached hydrogens (primary N) is 2. The van der Waals surface area contributed by atoms with Crippen molar-refractivity contribution in [2.45, 2.75) is 23.6 Å². The van der Waals surface area contributed by atoms with E-state index in [0.717, 1.165) is 6.07 Å². The molecule has 1 fully saturated rings. The summed E-state index contributed by atoms with van der Waals surface area (Å²) >= 11 is 1.37. The first-order valence-electron chi connectivity index (χ1n) is 9.66. The van der Waals surface area contributed by atoms with Crippen molar-refractivity contribution in [2.24, 2.45) is 22.4 Å². The van der Waals surface area contributed by atoms with Crippen LogP contribution in [0.25, 0.3) is 0 Å². The standard InChI is InChI=1S/C21H20F2N6O2S/c1-3-4-31-16-9-26-14(8-27-16)18(30)28-11-5-12(17(23)13(22)6-11)20(2)15-7-21(15,10-24)32-19(25)29-20/h1,5-6,8-9,15H,4,7,10,24H2,2H3,(H2,25,29)(H,28,30)/t15-,20-,21+/m0/s1. The van der Waals surface area contributed by atoms with E-state index in [1.807, 2.05) is 0 Å². The largest absolute Gasteiger partial charge is 0.463 e. The summed E-state index contributed by atoms with van der Waals surface area (Å²) in [6.45, 7) is 2.05. The summed E-state index contributed by atoms with van der Waals surface area (Å²) in [6.07, 6.45) is 8.21. The quantitative estimate of drug-likeness (QED) is 0.565. The highest BCUT2D eigenvalue weighted by Crippen LogP contribution is 2.65. The molecule has 8 nitrogen and oxygen atoms in total. The van der Waals surface area contributed by atoms with Gasteiger partial charge in [-0.25, -0.2) is 18.7 Å². The first-order chi connectivity index (χ1) is 15.2. The molecule has 1 aromatic carbocycles. The Morgan fingerprint density at radius 1 is 1.41 bits per heavy atom. The highest BCUT2D eigenvalue weighted by Gasteiger charge is 2.66. The molecule has 32 heavy (non-hydrogen) atoms. The lowest BCUT2D eigenvalue weighted by Gasteiger charge is -2.34. The van der Waals surface area contributed by atoms with E-state index in [1.54, 1.807) is 6.92 Å². The maximum Gasteiger partial charge on any atom is 0.275 e. The summed E-state index contributed by atoms with van der Waals surface area (Å²) in [5.41, 5.74) is 10.8. The first kappa shape index (κ1) is 22.0. The predicted octanol–water partition coefficient (Wildman–Crippen LogP) is 2.01. The maximum absolute atomic E-state index is 14.9. The van der Waals surface area contributed by atoms with Crippen LogP contribution in [-0.2, 0) is 5.54 Å². The van der Waals surface area contributed by atoms with E-state index in [2.05, 4.69) is 26.2 Å². The second-order valence-electron chi connectivity index (χ2n) is 7.73. The second kappa shape index (κ2) is 8.03. The van der Waals surface area contributed by atoms with Crippen LogP contribution in [-0.4, -0.2) is 38.9 Å². The third-order valence-electron chi connectivity index (χ3n) is 5.69. The van der Waals surface area contributed by atoms with E-state index in [1.165, 1.54) is 30.2 Å². The Labute approximate surface area is 187 Å². The van der Waals surface area contributed by atoms with Crippen LogP contribution in [0, 0.1) is 29.9 Å². The molecule has 1 amide bonds. The zero-order valence-electron chi connectivity index (χ0n) is 17.1. The highest BCUT2D eigenvalue weighted by molar-refractivity contribution is 8.15. The number of terminal acetylenes is 1. The summed E-state index contributed by atoms with van der Waals surface area (Å²) in [5.74, 6) is -0.489. The SMILES string of the molecule is C#CCOc1cnc(C(=O)Nc2cc(F)c(F)c([C@]3(C)N=C(N)S[C@@]4(CN)C[C@H]43)c2)cn1. The molecule has 0 bridgehead atoms. The van der Waals surface area contributed by atoms with Crippen LogP contribution in [0.1, 0.15) is 29.4 Å². The molecule has 11 heteroatoms. The van der Waals surface area contributed by atoms with Gasteiger partial charge in [-0.2, -0.15) is 0 Å². The van der Waals surface area contributed by atoms with Crippen LogP contribution in [0.15, 0.2) is 29.5 Å². The van der Waals surface area contributed by atoms with Gasteiger partial charge in [-0.1, -0.05) is 17.7 Å². The number of thioether (sulfide) groups is 1. The Balaban J connectivity index is 1.62. The van der Waals surface area contributed by atoms with Crippen LogP contribution < -0.4 is 21.5 Å². The van der Waals surface area contributed by atoms with Gasteiger partial charge < -0.3 is 21.5 Å². The summed E-state index contributed by atoms with van der Waals surface area (Å²) < 4.78 is 34.1. The molecule has 1 aromatic heterocycles. The minimum Gasteiger partial charge on any atom is -0.463 e. The fourth-order valence-corrected chi connectivity index (χ4v) is 5.37. The molecule has 5 N–H and O–H groups in total. The monoisotopic (exact) mass is 458 g/mol. The Morgan fingerprint density at radius 3 is 2.84 bits per heavy atom. The van der Waals surface area contributed by atoms with Crippen molar-refractivity contribution < 1.29 is 18.3 Å². The van der Waals surface area contributed by atoms with Crippen LogP contribution in [0.4, 0.5) is 14.5 Å². The predicted molar refractivity (Wildman–Crippen MR) is 117 cm³/mol. The molecule has 2 aliphatic rings. The number of hydrogen-bond acceptors (Lipinski definition) is 8. The van der Waals surface area contributed by atoms with Gasteiger partial charge in [-0.05, 0) is 19.4 Å². The van der Waals surface area contributed by atoms with Gasteiger partial charge in [-0.3, -0.25) is 9.79 Å². The van der Waals surface area contributed by atoms with E-state index in [4.69, 9.17) is 22.6 Å². The van der Waals surface area contributed by atoms with Crippen LogP contribution in [0.2, 0.25) is 0 Å². The molecule has 3 atom stereocenters. The fraction of sp³-hybridized carbons (Fsp3) is 0.333. The van der Waals surface area contributed by atoms with Crippen molar-refractivity contribution in [3.05, 3.63) is 47.4 Å². The number of nitrogens with zero attached hydrogens (tertiary/aromatic N) is 3. The number of carbonyl (C=O) groups is 1. The molecule has 1 aliphatic carbocycles. The fourth-order valence-electron chi connectivity index (χ4n) is 4.01. The third kappa shape index (κ3) is 3.76. The number of aliphatic imine (C=N–C) groups is 1. The van der Waals surface area contributed by atoms with Gasteiger partial charge in [0.05, 0.1) is 17.9 Å². The zero-order chi connectivity index (χ0) is 23.1. The van der Waals surface area contributed by atoms with E-state index in [-0.39, 0.29) is 45.3 Å². The van der Waals surface area contributed by atoms with Crippen molar-refractivity contribution in [1.82, 2.24) is 9.97 Å². The molecule has 0 radical (unpaired) electrons. The second-order valence-corrected chi connectivity index (χ2v) is 9.17. The summed E-state index contributed by atoms with van der Waals surface area (Å²) in [7, 11) is 0. The molecule has 166 valence electrons. The minimum absolute atomic E-state index is 0.000455. The van der Waals surface area contributed by atoms with Crippen molar-refractivity contribution >= 4 is 28.5 Å². The highest BCUT2D eigenvalue weighted by atomic mass is 32.2. The number of anilines is 1. The van der Waals surface area contributed by atoms with E-state index in [9.17, 15) is 13.6 Å². The van der Waals surface area contributed by atoms with Crippen LogP contribution in [0.3, 0.4) is 0 Å². The lowest BCUT2D eigenvalue weighted by molar-refractivity contribution is 0.102. The number of ether oxygens (including phenoxy) is 1. The normalized spacial score (nSPS) is 25.8. The number of amidine groups is 1. The zero-order valence-corrected chi connectivity index (χ0v) is 17.9. The molecule has 2 heterocycles. The average Bonchev–Trinajstić information content (AvgIpc) is 3.50. The van der Waals surface area contributed by atoms with Crippen molar-refractivity contribution in [3.8, 4) is 18.2 Å². The van der Waals surface area contributed by atoms with E-state index < -0.39 is 23.1 Å². The van der Waals surface area contributed by atoms with Gasteiger partial charge in [0.25, 0.3) is 5.91 Å². The van der Waals surface area contributed by atoms with Crippen LogP contribution >= 0.6 is 11.8 Å². The third-order valence-corrected chi connectivity index (χ3v) is 7.02. The number of carbonyl (C=O) groups excluding carboxylic acids is 1. The Kier molecular flexibility index (Phi) is 5.52. The lowest BCUT2D eigenvalue weighted by atomic mass is 9.85. The van der Waals surface area contributed by atoms with Gasteiger partial charge >= 0.3 is 0 Å². The average molecular weight is 458 g/mol. The van der Waals surface area contributed by atoms with Gasteiger partial charge in [0, 0.05) is 34.5 Å². The van der Waals surface area contributed by atoms with E-state index >= 15 is 0 Å². The molecule has 4 rings (SSSR count). The topological polar surface area (TPSA) is 129 Å². The molecule has 0 spiro atoms. The molecular weight excluding hydrogens is 438 g/mol. The number of amides is 1. The number of halogens is 2. The number of benzene rings is 1. The minimum atomic E-state index is -1.12. The Morgan fingerprint density at radius 2 is 2.19 bits per heavy atom. The number of hydrogen-bond donors (Lipinski definition) is 3. The molecule has 1 saturated carbocycles. The van der Waals surface area contributed by atoms with Gasteiger partial charge in [0.15, 0.2) is 23.4 Å². The molecule has 1 aliphatic heterocycles. The summed E-state index contributed by atoms with van der Waals surface area (Å²) in [6, 6.07) is 2.26.